The third kappa shape index (κ3) is 5.25. The van der Waals surface area contributed by atoms with Gasteiger partial charge in [-0.05, 0) is 48.1 Å². The molecule has 2 amide bonds. The molecule has 3 aliphatic rings. The molecule has 0 fully saturated rings. The summed E-state index contributed by atoms with van der Waals surface area (Å²) in [6.07, 6.45) is 3.15. The minimum atomic E-state index is -0.0593. The van der Waals surface area contributed by atoms with Crippen LogP contribution in [0.3, 0.4) is 0 Å². The first-order valence-corrected chi connectivity index (χ1v) is 11.8. The molecule has 2 aromatic carbocycles. The van der Waals surface area contributed by atoms with Gasteiger partial charge in [0.1, 0.15) is 12.4 Å². The zero-order valence-corrected chi connectivity index (χ0v) is 18.9. The van der Waals surface area contributed by atoms with Gasteiger partial charge >= 0.3 is 0 Å². The average Bonchev–Trinajstić information content (AvgIpc) is 3.06. The lowest BCUT2D eigenvalue weighted by Gasteiger charge is -2.29. The SMILES string of the molecule is O=C1CCC(CCC(=O)N2CCOc3ccc(CN4CCc5ccccc5C4)cc3C2)=NN1. The van der Waals surface area contributed by atoms with E-state index in [9.17, 15) is 9.59 Å². The number of fused-ring (bicyclic) bond motifs is 2. The molecule has 7 heteroatoms. The van der Waals surface area contributed by atoms with Crippen molar-refractivity contribution in [2.75, 3.05) is 19.7 Å². The summed E-state index contributed by atoms with van der Waals surface area (Å²) >= 11 is 0. The van der Waals surface area contributed by atoms with Crippen molar-refractivity contribution in [2.45, 2.75) is 51.7 Å². The van der Waals surface area contributed by atoms with Crippen molar-refractivity contribution in [3.63, 3.8) is 0 Å². The van der Waals surface area contributed by atoms with E-state index in [0.717, 1.165) is 43.1 Å². The van der Waals surface area contributed by atoms with Gasteiger partial charge in [-0.15, -0.1) is 0 Å². The Labute approximate surface area is 194 Å². The van der Waals surface area contributed by atoms with E-state index in [2.05, 4.69) is 57.9 Å². The van der Waals surface area contributed by atoms with Gasteiger partial charge in [0.2, 0.25) is 11.8 Å². The second kappa shape index (κ2) is 9.75. The molecule has 0 aromatic heterocycles. The van der Waals surface area contributed by atoms with Crippen molar-refractivity contribution in [2.24, 2.45) is 5.10 Å². The lowest BCUT2D eigenvalue weighted by molar-refractivity contribution is -0.131. The standard InChI is InChI=1S/C26H30N4O3/c31-25-9-6-23(27-28-25)7-10-26(32)30-13-14-33-24-8-5-19(15-22(24)18-30)16-29-12-11-20-3-1-2-4-21(20)17-29/h1-5,8,15H,6-7,9-14,16-18H2,(H,28,31). The normalized spacial score (nSPS) is 18.4. The summed E-state index contributed by atoms with van der Waals surface area (Å²) in [5, 5.41) is 4.08. The maximum Gasteiger partial charge on any atom is 0.240 e. The van der Waals surface area contributed by atoms with E-state index in [1.165, 1.54) is 16.7 Å². The molecule has 0 spiro atoms. The van der Waals surface area contributed by atoms with Crippen LogP contribution in [0.4, 0.5) is 0 Å². The summed E-state index contributed by atoms with van der Waals surface area (Å²) in [5.74, 6) is 0.914. The number of hydrazone groups is 1. The summed E-state index contributed by atoms with van der Waals surface area (Å²) in [6.45, 7) is 4.56. The molecule has 0 saturated heterocycles. The van der Waals surface area contributed by atoms with Crippen molar-refractivity contribution in [1.82, 2.24) is 15.2 Å². The Hall–Kier alpha value is -3.19. The van der Waals surface area contributed by atoms with E-state index < -0.39 is 0 Å². The second-order valence-electron chi connectivity index (χ2n) is 9.05. The number of rotatable bonds is 5. The highest BCUT2D eigenvalue weighted by Gasteiger charge is 2.22. The predicted molar refractivity (Wildman–Crippen MR) is 126 cm³/mol. The van der Waals surface area contributed by atoms with Crippen LogP contribution >= 0.6 is 0 Å². The summed E-state index contributed by atoms with van der Waals surface area (Å²) in [6, 6.07) is 15.1. The summed E-state index contributed by atoms with van der Waals surface area (Å²) in [4.78, 5) is 28.5. The Morgan fingerprint density at radius 2 is 1.88 bits per heavy atom. The number of ether oxygens (including phenoxy) is 1. The lowest BCUT2D eigenvalue weighted by atomic mass is 9.99. The zero-order chi connectivity index (χ0) is 22.6. The number of amides is 2. The van der Waals surface area contributed by atoms with Crippen LogP contribution in [0.1, 0.15) is 47.9 Å². The largest absolute Gasteiger partial charge is 0.491 e. The highest BCUT2D eigenvalue weighted by molar-refractivity contribution is 5.94. The van der Waals surface area contributed by atoms with Gasteiger partial charge in [0.15, 0.2) is 0 Å². The number of nitrogens with one attached hydrogen (secondary N) is 1. The Bertz CT molecular complexity index is 1080. The van der Waals surface area contributed by atoms with E-state index in [1.54, 1.807) is 0 Å². The number of carbonyl (C=O) groups is 2. The van der Waals surface area contributed by atoms with E-state index in [-0.39, 0.29) is 11.8 Å². The first-order chi connectivity index (χ1) is 16.1. The molecule has 5 rings (SSSR count). The highest BCUT2D eigenvalue weighted by Crippen LogP contribution is 2.27. The Balaban J connectivity index is 1.21. The molecule has 1 N–H and O–H groups in total. The molecule has 33 heavy (non-hydrogen) atoms. The number of nitrogens with zero attached hydrogens (tertiary/aromatic N) is 3. The molecule has 0 aliphatic carbocycles. The van der Waals surface area contributed by atoms with Crippen LogP contribution in [-0.2, 0) is 35.6 Å². The molecule has 0 bridgehead atoms. The van der Waals surface area contributed by atoms with E-state index >= 15 is 0 Å². The Morgan fingerprint density at radius 3 is 2.73 bits per heavy atom. The number of hydrogen-bond acceptors (Lipinski definition) is 5. The molecule has 0 saturated carbocycles. The first-order valence-electron chi connectivity index (χ1n) is 11.8. The first kappa shape index (κ1) is 21.6. The monoisotopic (exact) mass is 446 g/mol. The quantitative estimate of drug-likeness (QED) is 0.766. The van der Waals surface area contributed by atoms with Gasteiger partial charge < -0.3 is 9.64 Å². The van der Waals surface area contributed by atoms with Crippen LogP contribution in [0, 0.1) is 0 Å². The van der Waals surface area contributed by atoms with Gasteiger partial charge in [0.25, 0.3) is 0 Å². The minimum absolute atomic E-state index is 0.0593. The highest BCUT2D eigenvalue weighted by atomic mass is 16.5. The number of hydrogen-bond donors (Lipinski definition) is 1. The van der Waals surface area contributed by atoms with Crippen molar-refractivity contribution in [1.29, 1.82) is 0 Å². The summed E-state index contributed by atoms with van der Waals surface area (Å²) in [7, 11) is 0. The summed E-state index contributed by atoms with van der Waals surface area (Å²) in [5.41, 5.74) is 8.58. The molecule has 3 aliphatic heterocycles. The Kier molecular flexibility index (Phi) is 6.39. The minimum Gasteiger partial charge on any atom is -0.491 e. The van der Waals surface area contributed by atoms with Gasteiger partial charge in [0, 0.05) is 50.3 Å². The molecule has 0 unspecified atom stereocenters. The van der Waals surface area contributed by atoms with Gasteiger partial charge in [0.05, 0.1) is 6.54 Å². The fourth-order valence-electron chi connectivity index (χ4n) is 4.81. The van der Waals surface area contributed by atoms with Gasteiger partial charge in [-0.2, -0.15) is 5.10 Å². The van der Waals surface area contributed by atoms with Gasteiger partial charge in [-0.3, -0.25) is 14.5 Å². The lowest BCUT2D eigenvalue weighted by Crippen LogP contribution is -2.33. The molecule has 0 radical (unpaired) electrons. The van der Waals surface area contributed by atoms with Crippen LogP contribution in [0.15, 0.2) is 47.6 Å². The van der Waals surface area contributed by atoms with E-state index in [1.807, 2.05) is 4.90 Å². The van der Waals surface area contributed by atoms with Crippen LogP contribution < -0.4 is 10.2 Å². The molecule has 0 atom stereocenters. The molecular formula is C26H30N4O3. The average molecular weight is 447 g/mol. The smallest absolute Gasteiger partial charge is 0.240 e. The predicted octanol–water partition coefficient (Wildman–Crippen LogP) is 3.01. The van der Waals surface area contributed by atoms with Crippen molar-refractivity contribution >= 4 is 17.5 Å². The maximum atomic E-state index is 12.9. The van der Waals surface area contributed by atoms with Gasteiger partial charge in [-0.25, -0.2) is 5.43 Å². The third-order valence-corrected chi connectivity index (χ3v) is 6.68. The van der Waals surface area contributed by atoms with Crippen LogP contribution in [0.5, 0.6) is 5.75 Å². The Morgan fingerprint density at radius 1 is 1.00 bits per heavy atom. The number of benzene rings is 2. The summed E-state index contributed by atoms with van der Waals surface area (Å²) < 4.78 is 5.95. The van der Waals surface area contributed by atoms with E-state index in [0.29, 0.717) is 45.4 Å². The maximum absolute atomic E-state index is 12.9. The zero-order valence-electron chi connectivity index (χ0n) is 18.9. The third-order valence-electron chi connectivity index (χ3n) is 6.68. The fraction of sp³-hybridized carbons (Fsp3) is 0.423. The van der Waals surface area contributed by atoms with Crippen molar-refractivity contribution in [3.8, 4) is 5.75 Å². The van der Waals surface area contributed by atoms with Crippen LogP contribution in [0.2, 0.25) is 0 Å². The van der Waals surface area contributed by atoms with Crippen molar-refractivity contribution < 1.29 is 14.3 Å². The van der Waals surface area contributed by atoms with Crippen LogP contribution in [0.25, 0.3) is 0 Å². The second-order valence-corrected chi connectivity index (χ2v) is 9.05. The fourth-order valence-corrected chi connectivity index (χ4v) is 4.81. The topological polar surface area (TPSA) is 74.2 Å². The van der Waals surface area contributed by atoms with E-state index in [4.69, 9.17) is 4.74 Å². The van der Waals surface area contributed by atoms with Crippen molar-refractivity contribution in [3.05, 3.63) is 64.7 Å². The molecule has 2 aromatic rings. The number of carbonyl (C=O) groups excluding carboxylic acids is 2. The molecular weight excluding hydrogens is 416 g/mol. The van der Waals surface area contributed by atoms with Gasteiger partial charge in [-0.1, -0.05) is 30.3 Å². The molecule has 7 nitrogen and oxygen atoms in total. The van der Waals surface area contributed by atoms with Crippen LogP contribution in [-0.4, -0.2) is 47.0 Å². The molecule has 172 valence electrons. The molecule has 3 heterocycles.